The monoisotopic (exact) mass is 317 g/mol. The first-order valence-electron chi connectivity index (χ1n) is 7.29. The molecule has 1 aromatic heterocycles. The van der Waals surface area contributed by atoms with E-state index in [1.807, 2.05) is 13.8 Å². The molecule has 1 amide bonds. The summed E-state index contributed by atoms with van der Waals surface area (Å²) in [6, 6.07) is 6.57. The second-order valence-electron chi connectivity index (χ2n) is 5.49. The summed E-state index contributed by atoms with van der Waals surface area (Å²) in [6.45, 7) is 6.07. The Bertz CT molecular complexity index is 652. The van der Waals surface area contributed by atoms with E-state index in [9.17, 15) is 9.59 Å². The molecule has 2 aromatic rings. The Morgan fingerprint density at radius 2 is 1.91 bits per heavy atom. The largest absolute Gasteiger partial charge is 0.449 e. The lowest BCUT2D eigenvalue weighted by Crippen LogP contribution is -2.37. The van der Waals surface area contributed by atoms with Crippen LogP contribution in [0.2, 0.25) is 0 Å². The molecule has 0 unspecified atom stereocenters. The molecule has 2 rings (SSSR count). The quantitative estimate of drug-likeness (QED) is 0.797. The molecule has 0 saturated heterocycles. The Hall–Kier alpha value is -2.77. The van der Waals surface area contributed by atoms with E-state index in [0.29, 0.717) is 23.7 Å². The van der Waals surface area contributed by atoms with Gasteiger partial charge in [-0.1, -0.05) is 13.8 Å². The highest BCUT2D eigenvalue weighted by Gasteiger charge is 2.18. The number of rotatable bonds is 6. The van der Waals surface area contributed by atoms with Gasteiger partial charge >= 0.3 is 5.97 Å². The van der Waals surface area contributed by atoms with Crippen molar-refractivity contribution >= 4 is 11.9 Å². The average molecular weight is 317 g/mol. The number of nitrogens with zero attached hydrogens (tertiary/aromatic N) is 4. The van der Waals surface area contributed by atoms with Crippen LogP contribution in [0.25, 0.3) is 5.69 Å². The minimum Gasteiger partial charge on any atom is -0.449 e. The van der Waals surface area contributed by atoms with Gasteiger partial charge in [0.1, 0.15) is 6.33 Å². The summed E-state index contributed by atoms with van der Waals surface area (Å²) < 4.78 is 6.63. The number of amides is 1. The van der Waals surface area contributed by atoms with E-state index < -0.39 is 12.1 Å². The van der Waals surface area contributed by atoms with Crippen molar-refractivity contribution in [1.82, 2.24) is 25.5 Å². The summed E-state index contributed by atoms with van der Waals surface area (Å²) in [5, 5.41) is 13.6. The van der Waals surface area contributed by atoms with Crippen LogP contribution in [-0.2, 0) is 9.53 Å². The summed E-state index contributed by atoms with van der Waals surface area (Å²) >= 11 is 0. The fourth-order valence-corrected chi connectivity index (χ4v) is 1.76. The van der Waals surface area contributed by atoms with Gasteiger partial charge in [0.15, 0.2) is 6.10 Å². The molecular formula is C15H19N5O3. The number of ether oxygens (including phenoxy) is 1. The van der Waals surface area contributed by atoms with Gasteiger partial charge in [-0.15, -0.1) is 5.10 Å². The van der Waals surface area contributed by atoms with Crippen molar-refractivity contribution in [2.45, 2.75) is 26.9 Å². The zero-order chi connectivity index (χ0) is 16.8. The molecule has 1 heterocycles. The number of carbonyl (C=O) groups is 2. The maximum Gasteiger partial charge on any atom is 0.338 e. The zero-order valence-corrected chi connectivity index (χ0v) is 13.3. The van der Waals surface area contributed by atoms with Gasteiger partial charge < -0.3 is 10.1 Å². The van der Waals surface area contributed by atoms with E-state index in [4.69, 9.17) is 4.74 Å². The lowest BCUT2D eigenvalue weighted by atomic mass is 10.2. The van der Waals surface area contributed by atoms with E-state index in [-0.39, 0.29) is 5.91 Å². The van der Waals surface area contributed by atoms with Gasteiger partial charge in [0.05, 0.1) is 11.3 Å². The highest BCUT2D eigenvalue weighted by atomic mass is 16.5. The van der Waals surface area contributed by atoms with E-state index in [1.54, 1.807) is 31.2 Å². The molecule has 0 aliphatic rings. The van der Waals surface area contributed by atoms with Crippen molar-refractivity contribution < 1.29 is 14.3 Å². The number of hydrogen-bond acceptors (Lipinski definition) is 6. The highest BCUT2D eigenvalue weighted by Crippen LogP contribution is 2.10. The maximum absolute atomic E-state index is 12.0. The number of tetrazole rings is 1. The minimum absolute atomic E-state index is 0.308. The Balaban J connectivity index is 1.94. The predicted octanol–water partition coefficient (Wildman–Crippen LogP) is 0.980. The highest BCUT2D eigenvalue weighted by molar-refractivity contribution is 5.92. The first kappa shape index (κ1) is 16.6. The number of hydrogen-bond donors (Lipinski definition) is 1. The molecule has 1 N–H and O–H groups in total. The minimum atomic E-state index is -0.847. The Morgan fingerprint density at radius 3 is 2.48 bits per heavy atom. The molecule has 1 atom stereocenters. The SMILES string of the molecule is CC(C)CNC(=O)[C@H](C)OC(=O)c1ccc(-n2cnnn2)cc1. The lowest BCUT2D eigenvalue weighted by Gasteiger charge is -2.14. The van der Waals surface area contributed by atoms with Crippen molar-refractivity contribution in [2.75, 3.05) is 6.54 Å². The van der Waals surface area contributed by atoms with Gasteiger partial charge in [0.25, 0.3) is 5.91 Å². The van der Waals surface area contributed by atoms with Crippen LogP contribution in [0, 0.1) is 5.92 Å². The topological polar surface area (TPSA) is 99.0 Å². The van der Waals surface area contributed by atoms with Crippen LogP contribution >= 0.6 is 0 Å². The first-order chi connectivity index (χ1) is 11.0. The van der Waals surface area contributed by atoms with Crippen LogP contribution in [0.3, 0.4) is 0 Å². The molecule has 0 saturated carbocycles. The summed E-state index contributed by atoms with van der Waals surface area (Å²) in [4.78, 5) is 23.9. The molecule has 0 aliphatic carbocycles. The third kappa shape index (κ3) is 4.60. The van der Waals surface area contributed by atoms with E-state index in [0.717, 1.165) is 0 Å². The lowest BCUT2D eigenvalue weighted by molar-refractivity contribution is -0.129. The van der Waals surface area contributed by atoms with Crippen molar-refractivity contribution in [1.29, 1.82) is 0 Å². The second-order valence-corrected chi connectivity index (χ2v) is 5.49. The molecule has 0 aliphatic heterocycles. The summed E-state index contributed by atoms with van der Waals surface area (Å²) in [7, 11) is 0. The number of nitrogens with one attached hydrogen (secondary N) is 1. The molecule has 0 spiro atoms. The Labute approximate surface area is 133 Å². The molecule has 0 fully saturated rings. The predicted molar refractivity (Wildman–Crippen MR) is 81.9 cm³/mol. The number of benzene rings is 1. The molecule has 0 bridgehead atoms. The van der Waals surface area contributed by atoms with Crippen LogP contribution in [0.15, 0.2) is 30.6 Å². The van der Waals surface area contributed by atoms with Crippen LogP contribution in [0.5, 0.6) is 0 Å². The van der Waals surface area contributed by atoms with Crippen LogP contribution in [-0.4, -0.2) is 44.7 Å². The molecule has 8 heteroatoms. The van der Waals surface area contributed by atoms with Gasteiger partial charge in [-0.3, -0.25) is 4.79 Å². The average Bonchev–Trinajstić information content (AvgIpc) is 3.07. The van der Waals surface area contributed by atoms with Gasteiger partial charge in [-0.05, 0) is 47.5 Å². The Morgan fingerprint density at radius 1 is 1.22 bits per heavy atom. The van der Waals surface area contributed by atoms with Gasteiger partial charge in [0, 0.05) is 6.54 Å². The standard InChI is InChI=1S/C15H19N5O3/c1-10(2)8-16-14(21)11(3)23-15(22)12-4-6-13(7-5-12)20-9-17-18-19-20/h4-7,9-11H,8H2,1-3H3,(H,16,21)/t11-/m0/s1. The molecule has 122 valence electrons. The van der Waals surface area contributed by atoms with Crippen molar-refractivity contribution in [3.63, 3.8) is 0 Å². The molecule has 1 aromatic carbocycles. The van der Waals surface area contributed by atoms with Crippen LogP contribution in [0.1, 0.15) is 31.1 Å². The second kappa shape index (κ2) is 7.48. The fraction of sp³-hybridized carbons (Fsp3) is 0.400. The summed E-state index contributed by atoms with van der Waals surface area (Å²) in [5.41, 5.74) is 1.07. The molecular weight excluding hydrogens is 298 g/mol. The third-order valence-electron chi connectivity index (χ3n) is 3.05. The van der Waals surface area contributed by atoms with Crippen molar-refractivity contribution in [3.05, 3.63) is 36.2 Å². The normalized spacial score (nSPS) is 12.0. The van der Waals surface area contributed by atoms with Gasteiger partial charge in [-0.25, -0.2) is 9.48 Å². The van der Waals surface area contributed by atoms with Crippen molar-refractivity contribution in [3.8, 4) is 5.69 Å². The summed E-state index contributed by atoms with van der Waals surface area (Å²) in [6.07, 6.45) is 0.606. The summed E-state index contributed by atoms with van der Waals surface area (Å²) in [5.74, 6) is -0.529. The van der Waals surface area contributed by atoms with E-state index in [1.165, 1.54) is 11.0 Å². The van der Waals surface area contributed by atoms with Gasteiger partial charge in [-0.2, -0.15) is 0 Å². The van der Waals surface area contributed by atoms with Gasteiger partial charge in [0.2, 0.25) is 0 Å². The Kier molecular flexibility index (Phi) is 5.40. The van der Waals surface area contributed by atoms with E-state index >= 15 is 0 Å². The van der Waals surface area contributed by atoms with E-state index in [2.05, 4.69) is 20.8 Å². The maximum atomic E-state index is 12.0. The third-order valence-corrected chi connectivity index (χ3v) is 3.05. The number of esters is 1. The van der Waals surface area contributed by atoms with Crippen LogP contribution < -0.4 is 5.32 Å². The number of carbonyl (C=O) groups excluding carboxylic acids is 2. The molecule has 8 nitrogen and oxygen atoms in total. The molecule has 0 radical (unpaired) electrons. The fourth-order valence-electron chi connectivity index (χ4n) is 1.76. The molecule has 23 heavy (non-hydrogen) atoms. The van der Waals surface area contributed by atoms with Crippen molar-refractivity contribution in [2.24, 2.45) is 5.92 Å². The smallest absolute Gasteiger partial charge is 0.338 e. The van der Waals surface area contributed by atoms with Crippen LogP contribution in [0.4, 0.5) is 0 Å². The zero-order valence-electron chi connectivity index (χ0n) is 13.3. The first-order valence-corrected chi connectivity index (χ1v) is 7.29. The number of aromatic nitrogens is 4.